The van der Waals surface area contributed by atoms with Gasteiger partial charge < -0.3 is 19.5 Å². The molecule has 2 aromatic rings. The minimum atomic E-state index is -0.944. The van der Waals surface area contributed by atoms with Crippen molar-refractivity contribution in [2.75, 3.05) is 26.8 Å². The van der Waals surface area contributed by atoms with Crippen molar-refractivity contribution in [3.63, 3.8) is 0 Å². The van der Waals surface area contributed by atoms with Crippen LogP contribution in [0.5, 0.6) is 5.75 Å². The first-order chi connectivity index (χ1) is 13.5. The summed E-state index contributed by atoms with van der Waals surface area (Å²) in [4.78, 5) is 25.5. The van der Waals surface area contributed by atoms with Crippen molar-refractivity contribution in [1.82, 2.24) is 14.7 Å². The largest absolute Gasteiger partial charge is 0.494 e. The Hall–Kier alpha value is -2.87. The van der Waals surface area contributed by atoms with Crippen LogP contribution >= 0.6 is 0 Å². The Morgan fingerprint density at radius 3 is 2.89 bits per heavy atom. The molecule has 1 aliphatic rings. The molecule has 1 atom stereocenters. The molecule has 1 aliphatic heterocycles. The maximum Gasteiger partial charge on any atom is 0.305 e. The van der Waals surface area contributed by atoms with E-state index in [0.29, 0.717) is 18.9 Å². The first-order valence-electron chi connectivity index (χ1n) is 9.31. The molecular formula is C20H25N3O5. The van der Waals surface area contributed by atoms with Gasteiger partial charge in [-0.1, -0.05) is 6.07 Å². The number of methoxy groups -OCH3 is 1. The molecule has 0 saturated carbocycles. The fraction of sp³-hybridized carbons (Fsp3) is 0.450. The molecule has 8 heteroatoms. The average molecular weight is 387 g/mol. The van der Waals surface area contributed by atoms with Crippen molar-refractivity contribution in [2.45, 2.75) is 32.3 Å². The van der Waals surface area contributed by atoms with Gasteiger partial charge in [-0.2, -0.15) is 5.10 Å². The quantitative estimate of drug-likeness (QED) is 0.747. The van der Waals surface area contributed by atoms with Crippen molar-refractivity contribution in [2.24, 2.45) is 0 Å². The molecule has 0 spiro atoms. The highest BCUT2D eigenvalue weighted by Crippen LogP contribution is 2.24. The lowest BCUT2D eigenvalue weighted by atomic mass is 10.2. The molecule has 1 aromatic carbocycles. The molecule has 1 unspecified atom stereocenters. The van der Waals surface area contributed by atoms with E-state index >= 15 is 0 Å². The van der Waals surface area contributed by atoms with Gasteiger partial charge in [-0.3, -0.25) is 9.59 Å². The zero-order chi connectivity index (χ0) is 20.1. The minimum absolute atomic E-state index is 0.0586. The second-order valence-corrected chi connectivity index (χ2v) is 6.85. The number of aromatic nitrogens is 2. The summed E-state index contributed by atoms with van der Waals surface area (Å²) in [5.41, 5.74) is 2.03. The fourth-order valence-corrected chi connectivity index (χ4v) is 3.25. The number of hydrogen-bond donors (Lipinski definition) is 1. The molecule has 8 nitrogen and oxygen atoms in total. The summed E-state index contributed by atoms with van der Waals surface area (Å²) in [5, 5.41) is 13.4. The number of carboxylic acid groups (broad SMARTS) is 1. The lowest BCUT2D eigenvalue weighted by Gasteiger charge is -2.24. The Labute approximate surface area is 163 Å². The highest BCUT2D eigenvalue weighted by molar-refractivity contribution is 5.92. The number of ether oxygens (including phenoxy) is 2. The fourth-order valence-electron chi connectivity index (χ4n) is 3.25. The van der Waals surface area contributed by atoms with Crippen LogP contribution in [0.3, 0.4) is 0 Å². The number of benzene rings is 1. The van der Waals surface area contributed by atoms with Crippen molar-refractivity contribution < 1.29 is 24.2 Å². The van der Waals surface area contributed by atoms with Gasteiger partial charge in [0.05, 0.1) is 19.6 Å². The van der Waals surface area contributed by atoms with Crippen molar-refractivity contribution >= 4 is 11.9 Å². The zero-order valence-electron chi connectivity index (χ0n) is 16.1. The van der Waals surface area contributed by atoms with E-state index < -0.39 is 5.97 Å². The SMILES string of the molecule is COc1ccc(C)cc1-n1ccc(C(=O)N(CCC(=O)O)CC2CCCO2)n1. The summed E-state index contributed by atoms with van der Waals surface area (Å²) in [7, 11) is 1.58. The third-order valence-corrected chi connectivity index (χ3v) is 4.72. The van der Waals surface area contributed by atoms with Crippen LogP contribution in [0.4, 0.5) is 0 Å². The number of carbonyl (C=O) groups excluding carboxylic acids is 1. The second kappa shape index (κ2) is 8.88. The number of aliphatic carboxylic acids is 1. The Morgan fingerprint density at radius 2 is 2.21 bits per heavy atom. The predicted molar refractivity (Wildman–Crippen MR) is 102 cm³/mol. The van der Waals surface area contributed by atoms with Gasteiger partial charge >= 0.3 is 5.97 Å². The van der Waals surface area contributed by atoms with Crippen LogP contribution in [0, 0.1) is 6.92 Å². The molecule has 1 fully saturated rings. The van der Waals surface area contributed by atoms with Gasteiger partial charge in [0.15, 0.2) is 5.69 Å². The minimum Gasteiger partial charge on any atom is -0.494 e. The molecule has 2 heterocycles. The monoisotopic (exact) mass is 387 g/mol. The predicted octanol–water partition coefficient (Wildman–Crippen LogP) is 2.29. The molecule has 1 saturated heterocycles. The highest BCUT2D eigenvalue weighted by Gasteiger charge is 2.25. The zero-order valence-corrected chi connectivity index (χ0v) is 16.1. The van der Waals surface area contributed by atoms with Crippen molar-refractivity contribution in [3.8, 4) is 11.4 Å². The summed E-state index contributed by atoms with van der Waals surface area (Å²) >= 11 is 0. The van der Waals surface area contributed by atoms with Crippen LogP contribution in [0.1, 0.15) is 35.3 Å². The van der Waals surface area contributed by atoms with E-state index in [9.17, 15) is 9.59 Å². The van der Waals surface area contributed by atoms with Gasteiger partial charge in [-0.25, -0.2) is 4.68 Å². The number of amides is 1. The summed E-state index contributed by atoms with van der Waals surface area (Å²) in [6.45, 7) is 3.13. The van der Waals surface area contributed by atoms with E-state index in [1.165, 1.54) is 4.90 Å². The van der Waals surface area contributed by atoms with Crippen LogP contribution in [0.15, 0.2) is 30.5 Å². The maximum atomic E-state index is 13.0. The first kappa shape index (κ1) is 19.9. The summed E-state index contributed by atoms with van der Waals surface area (Å²) in [6, 6.07) is 7.35. The van der Waals surface area contributed by atoms with Crippen molar-refractivity contribution in [1.29, 1.82) is 0 Å². The number of nitrogens with zero attached hydrogens (tertiary/aromatic N) is 3. The topological polar surface area (TPSA) is 93.9 Å². The summed E-state index contributed by atoms with van der Waals surface area (Å²) < 4.78 is 12.6. The number of hydrogen-bond acceptors (Lipinski definition) is 5. The van der Waals surface area contributed by atoms with E-state index in [0.717, 1.165) is 24.1 Å². The average Bonchev–Trinajstić information content (AvgIpc) is 3.36. The van der Waals surface area contributed by atoms with Gasteiger partial charge in [0, 0.05) is 25.9 Å². The molecule has 1 N–H and O–H groups in total. The molecule has 28 heavy (non-hydrogen) atoms. The molecule has 1 amide bonds. The third-order valence-electron chi connectivity index (χ3n) is 4.72. The van der Waals surface area contributed by atoms with Gasteiger partial charge in [0.1, 0.15) is 11.4 Å². The van der Waals surface area contributed by atoms with Crippen LogP contribution in [0.2, 0.25) is 0 Å². The summed E-state index contributed by atoms with van der Waals surface area (Å²) in [5.74, 6) is -0.600. The Balaban J connectivity index is 1.81. The standard InChI is InChI=1S/C20H25N3O5/c1-14-5-6-18(27-2)17(12-14)23-10-7-16(21-23)20(26)22(9-8-19(24)25)13-15-4-3-11-28-15/h5-7,10,12,15H,3-4,8-9,11,13H2,1-2H3,(H,24,25). The molecule has 0 radical (unpaired) electrons. The molecule has 150 valence electrons. The van der Waals surface area contributed by atoms with E-state index in [-0.39, 0.29) is 30.7 Å². The molecule has 1 aromatic heterocycles. The van der Waals surface area contributed by atoms with E-state index in [4.69, 9.17) is 14.6 Å². The van der Waals surface area contributed by atoms with Crippen molar-refractivity contribution in [3.05, 3.63) is 41.7 Å². The van der Waals surface area contributed by atoms with Gasteiger partial charge in [0.25, 0.3) is 5.91 Å². The van der Waals surface area contributed by atoms with E-state index in [1.807, 2.05) is 25.1 Å². The number of carbonyl (C=O) groups is 2. The Morgan fingerprint density at radius 1 is 1.39 bits per heavy atom. The van der Waals surface area contributed by atoms with Crippen LogP contribution in [-0.2, 0) is 9.53 Å². The first-order valence-corrected chi connectivity index (χ1v) is 9.31. The van der Waals surface area contributed by atoms with Crippen LogP contribution in [-0.4, -0.2) is 64.6 Å². The number of rotatable bonds is 8. The molecule has 3 rings (SSSR count). The normalized spacial score (nSPS) is 16.1. The van der Waals surface area contributed by atoms with E-state index in [2.05, 4.69) is 5.10 Å². The number of aryl methyl sites for hydroxylation is 1. The van der Waals surface area contributed by atoms with Gasteiger partial charge in [0.2, 0.25) is 0 Å². The molecule has 0 aliphatic carbocycles. The highest BCUT2D eigenvalue weighted by atomic mass is 16.5. The smallest absolute Gasteiger partial charge is 0.305 e. The lowest BCUT2D eigenvalue weighted by molar-refractivity contribution is -0.137. The lowest BCUT2D eigenvalue weighted by Crippen LogP contribution is -2.39. The Bertz CT molecular complexity index is 842. The number of carboxylic acids is 1. The third kappa shape index (κ3) is 4.69. The van der Waals surface area contributed by atoms with Gasteiger partial charge in [-0.05, 0) is 43.5 Å². The van der Waals surface area contributed by atoms with Gasteiger partial charge in [-0.15, -0.1) is 0 Å². The van der Waals surface area contributed by atoms with Crippen LogP contribution < -0.4 is 4.74 Å². The molecular weight excluding hydrogens is 362 g/mol. The van der Waals surface area contributed by atoms with E-state index in [1.54, 1.807) is 24.1 Å². The second-order valence-electron chi connectivity index (χ2n) is 6.85. The maximum absolute atomic E-state index is 13.0. The Kier molecular flexibility index (Phi) is 6.30. The summed E-state index contributed by atoms with van der Waals surface area (Å²) in [6.07, 6.45) is 3.34. The van der Waals surface area contributed by atoms with Crippen LogP contribution in [0.25, 0.3) is 5.69 Å². The molecule has 0 bridgehead atoms.